The Morgan fingerprint density at radius 1 is 1.14 bits per heavy atom. The van der Waals surface area contributed by atoms with Gasteiger partial charge in [-0.1, -0.05) is 62.0 Å². The van der Waals surface area contributed by atoms with Crippen LogP contribution in [-0.2, 0) is 13.0 Å². The third-order valence-corrected chi connectivity index (χ3v) is 4.83. The van der Waals surface area contributed by atoms with Crippen molar-refractivity contribution in [3.05, 3.63) is 89.8 Å². The molecule has 0 saturated heterocycles. The molecule has 0 saturated carbocycles. The number of aromatic amines is 1. The van der Waals surface area contributed by atoms with Gasteiger partial charge in [0.2, 0.25) is 0 Å². The summed E-state index contributed by atoms with van der Waals surface area (Å²) in [6.45, 7) is 8.96. The Morgan fingerprint density at radius 3 is 2.64 bits per heavy atom. The van der Waals surface area contributed by atoms with Crippen LogP contribution in [0.1, 0.15) is 30.2 Å². The molecule has 0 unspecified atom stereocenters. The van der Waals surface area contributed by atoms with Gasteiger partial charge in [0.1, 0.15) is 0 Å². The van der Waals surface area contributed by atoms with Gasteiger partial charge in [0.25, 0.3) is 0 Å². The van der Waals surface area contributed by atoms with Gasteiger partial charge in [0.05, 0.1) is 5.70 Å². The van der Waals surface area contributed by atoms with Gasteiger partial charge in [-0.25, -0.2) is 0 Å². The number of nitrogens with zero attached hydrogens (tertiary/aromatic N) is 1. The Kier molecular flexibility index (Phi) is 7.06. The summed E-state index contributed by atoms with van der Waals surface area (Å²) in [5.41, 5.74) is 7.39. The molecule has 0 aliphatic carbocycles. The molecule has 0 aliphatic heterocycles. The van der Waals surface area contributed by atoms with Crippen molar-refractivity contribution in [2.45, 2.75) is 26.3 Å². The first kappa shape index (κ1) is 19.9. The minimum Gasteiger partial charge on any atom is -0.358 e. The molecule has 4 nitrogen and oxygen atoms in total. The van der Waals surface area contributed by atoms with Crippen molar-refractivity contribution in [3.63, 3.8) is 0 Å². The van der Waals surface area contributed by atoms with Crippen LogP contribution in [0.5, 0.6) is 0 Å². The van der Waals surface area contributed by atoms with E-state index in [1.54, 1.807) is 6.08 Å². The fourth-order valence-corrected chi connectivity index (χ4v) is 3.36. The average molecular weight is 376 g/mol. The molecule has 3 N–H and O–H groups in total. The summed E-state index contributed by atoms with van der Waals surface area (Å²) in [5, 5.41) is 10.1. The van der Waals surface area contributed by atoms with E-state index in [2.05, 4.69) is 78.0 Å². The molecule has 0 aliphatic rings. The molecule has 146 valence electrons. The van der Waals surface area contributed by atoms with E-state index in [1.165, 1.54) is 22.2 Å². The molecule has 0 radical (unpaired) electrons. The number of aromatic nitrogens is 1. The Morgan fingerprint density at radius 2 is 1.93 bits per heavy atom. The van der Waals surface area contributed by atoms with Crippen LogP contribution >= 0.6 is 0 Å². The van der Waals surface area contributed by atoms with Gasteiger partial charge in [-0.15, -0.1) is 0 Å². The number of nitrogens with one attached hydrogen (secondary N) is 2. The Bertz CT molecular complexity index is 891. The molecule has 0 fully saturated rings. The quantitative estimate of drug-likeness (QED) is 0.340. The van der Waals surface area contributed by atoms with Crippen LogP contribution in [0.15, 0.2) is 72.9 Å². The van der Waals surface area contributed by atoms with E-state index >= 15 is 0 Å². The zero-order valence-electron chi connectivity index (χ0n) is 16.5. The number of rotatable bonds is 10. The Balaban J connectivity index is 1.59. The summed E-state index contributed by atoms with van der Waals surface area (Å²) in [7, 11) is 0. The number of hydrogen-bond acceptors (Lipinski definition) is 3. The highest BCUT2D eigenvalue weighted by atomic mass is 16.5. The highest BCUT2D eigenvalue weighted by Crippen LogP contribution is 2.16. The number of allylic oxidation sites excluding steroid dienone is 1. The van der Waals surface area contributed by atoms with Crippen LogP contribution in [0.25, 0.3) is 17.0 Å². The SMILES string of the molecule is C=C(/C=C/c1ccc(CN(CCC)CCc2cc3ccccc3[nH]2)cc1)NO. The van der Waals surface area contributed by atoms with Crippen molar-refractivity contribution in [2.75, 3.05) is 13.1 Å². The zero-order chi connectivity index (χ0) is 19.8. The Hall–Kier alpha value is -2.82. The van der Waals surface area contributed by atoms with Gasteiger partial charge in [-0.2, -0.15) is 0 Å². The van der Waals surface area contributed by atoms with Crippen molar-refractivity contribution in [1.29, 1.82) is 0 Å². The van der Waals surface area contributed by atoms with Crippen LogP contribution in [0.3, 0.4) is 0 Å². The molecule has 1 aromatic heterocycles. The maximum absolute atomic E-state index is 8.77. The average Bonchev–Trinajstić information content (AvgIpc) is 3.14. The second-order valence-corrected chi connectivity index (χ2v) is 7.12. The first-order chi connectivity index (χ1) is 13.7. The number of hydrogen-bond donors (Lipinski definition) is 3. The van der Waals surface area contributed by atoms with Crippen molar-refractivity contribution in [1.82, 2.24) is 15.4 Å². The topological polar surface area (TPSA) is 51.3 Å². The molecule has 28 heavy (non-hydrogen) atoms. The number of para-hydroxylation sites is 1. The van der Waals surface area contributed by atoms with Crippen LogP contribution < -0.4 is 5.48 Å². The minimum atomic E-state index is 0.468. The second-order valence-electron chi connectivity index (χ2n) is 7.12. The summed E-state index contributed by atoms with van der Waals surface area (Å²) < 4.78 is 0. The molecular formula is C24H29N3O. The lowest BCUT2D eigenvalue weighted by molar-refractivity contribution is 0.205. The number of benzene rings is 2. The fourth-order valence-electron chi connectivity index (χ4n) is 3.36. The molecule has 1 heterocycles. The summed E-state index contributed by atoms with van der Waals surface area (Å²) in [4.78, 5) is 6.04. The predicted molar refractivity (Wildman–Crippen MR) is 117 cm³/mol. The van der Waals surface area contributed by atoms with E-state index < -0.39 is 0 Å². The van der Waals surface area contributed by atoms with Crippen LogP contribution in [0.2, 0.25) is 0 Å². The van der Waals surface area contributed by atoms with Crippen molar-refractivity contribution in [2.24, 2.45) is 0 Å². The van der Waals surface area contributed by atoms with Crippen LogP contribution in [0.4, 0.5) is 0 Å². The molecule has 2 aromatic carbocycles. The van der Waals surface area contributed by atoms with Gasteiger partial charge in [-0.05, 0) is 47.7 Å². The van der Waals surface area contributed by atoms with Crippen LogP contribution in [0, 0.1) is 0 Å². The first-order valence-corrected chi connectivity index (χ1v) is 9.83. The molecular weight excluding hydrogens is 346 g/mol. The predicted octanol–water partition coefficient (Wildman–Crippen LogP) is 5.13. The standard InChI is InChI=1S/C24H29N3O/c1-3-15-27(16-14-23-17-22-6-4-5-7-24(22)25-23)18-21-12-10-20(11-13-21)9-8-19(2)26-28/h4-13,17,25-26,28H,2-3,14-16,18H2,1H3/b9-8+. The lowest BCUT2D eigenvalue weighted by atomic mass is 10.1. The van der Waals surface area contributed by atoms with Gasteiger partial charge in [0, 0.05) is 30.7 Å². The third kappa shape index (κ3) is 5.59. The second kappa shape index (κ2) is 9.93. The lowest BCUT2D eigenvalue weighted by Gasteiger charge is -2.21. The highest BCUT2D eigenvalue weighted by Gasteiger charge is 2.07. The summed E-state index contributed by atoms with van der Waals surface area (Å²) in [6.07, 6.45) is 5.84. The highest BCUT2D eigenvalue weighted by molar-refractivity contribution is 5.80. The smallest absolute Gasteiger partial charge is 0.0530 e. The third-order valence-electron chi connectivity index (χ3n) is 4.83. The largest absolute Gasteiger partial charge is 0.358 e. The van der Waals surface area contributed by atoms with E-state index in [-0.39, 0.29) is 0 Å². The van der Waals surface area contributed by atoms with Crippen LogP contribution in [-0.4, -0.2) is 28.2 Å². The molecule has 0 atom stereocenters. The lowest BCUT2D eigenvalue weighted by Crippen LogP contribution is -2.26. The first-order valence-electron chi connectivity index (χ1n) is 9.83. The maximum atomic E-state index is 8.77. The number of H-pyrrole nitrogens is 1. The monoisotopic (exact) mass is 375 g/mol. The fraction of sp³-hybridized carbons (Fsp3) is 0.250. The van der Waals surface area contributed by atoms with E-state index in [1.807, 2.05) is 11.6 Å². The van der Waals surface area contributed by atoms with E-state index in [0.29, 0.717) is 5.70 Å². The Labute approximate surface area is 167 Å². The molecule has 4 heteroatoms. The van der Waals surface area contributed by atoms with Crippen molar-refractivity contribution in [3.8, 4) is 0 Å². The summed E-state index contributed by atoms with van der Waals surface area (Å²) in [5.74, 6) is 0. The van der Waals surface area contributed by atoms with E-state index in [0.717, 1.165) is 38.0 Å². The minimum absolute atomic E-state index is 0.468. The summed E-state index contributed by atoms with van der Waals surface area (Å²) in [6, 6.07) is 19.2. The number of hydroxylamine groups is 1. The number of fused-ring (bicyclic) bond motifs is 1. The summed E-state index contributed by atoms with van der Waals surface area (Å²) >= 11 is 0. The molecule has 3 aromatic rings. The van der Waals surface area contributed by atoms with Gasteiger partial charge >= 0.3 is 0 Å². The molecule has 0 bridgehead atoms. The molecule has 3 rings (SSSR count). The van der Waals surface area contributed by atoms with Crippen molar-refractivity contribution < 1.29 is 5.21 Å². The maximum Gasteiger partial charge on any atom is 0.0530 e. The molecule has 0 amide bonds. The van der Waals surface area contributed by atoms with Gasteiger partial charge in [0.15, 0.2) is 0 Å². The van der Waals surface area contributed by atoms with E-state index in [9.17, 15) is 0 Å². The van der Waals surface area contributed by atoms with Gasteiger partial charge < -0.3 is 4.98 Å². The molecule has 0 spiro atoms. The normalized spacial score (nSPS) is 11.5. The van der Waals surface area contributed by atoms with Gasteiger partial charge in [-0.3, -0.25) is 15.6 Å². The zero-order valence-corrected chi connectivity index (χ0v) is 16.5. The van der Waals surface area contributed by atoms with E-state index in [4.69, 9.17) is 5.21 Å². The van der Waals surface area contributed by atoms with Crippen molar-refractivity contribution >= 4 is 17.0 Å².